The fourth-order valence-electron chi connectivity index (χ4n) is 1.97. The van der Waals surface area contributed by atoms with Gasteiger partial charge in [0, 0.05) is 11.8 Å². The summed E-state index contributed by atoms with van der Waals surface area (Å²) in [6.45, 7) is 4.48. The van der Waals surface area contributed by atoms with Crippen molar-refractivity contribution in [3.8, 4) is 11.5 Å². The van der Waals surface area contributed by atoms with Gasteiger partial charge in [0.15, 0.2) is 11.5 Å². The minimum atomic E-state index is -0.532. The first-order valence-electron chi connectivity index (χ1n) is 7.66. The number of H-pyrrole nitrogens is 1. The number of carbonyl (C=O) groups is 2. The second kappa shape index (κ2) is 8.43. The van der Waals surface area contributed by atoms with Crippen LogP contribution in [0.1, 0.15) is 34.7 Å². The third-order valence-electron chi connectivity index (χ3n) is 3.18. The van der Waals surface area contributed by atoms with E-state index in [-0.39, 0.29) is 10.6 Å². The van der Waals surface area contributed by atoms with Crippen LogP contribution in [-0.4, -0.2) is 30.5 Å². The summed E-state index contributed by atoms with van der Waals surface area (Å²) in [5.74, 6) is 0.0367. The van der Waals surface area contributed by atoms with E-state index in [0.717, 1.165) is 0 Å². The van der Waals surface area contributed by atoms with Gasteiger partial charge in [-0.05, 0) is 30.2 Å². The number of methoxy groups -OCH3 is 1. The average molecular weight is 366 g/mol. The third kappa shape index (κ3) is 4.90. The second-order valence-corrected chi connectivity index (χ2v) is 6.09. The molecule has 0 bridgehead atoms. The normalized spacial score (nSPS) is 10.4. The molecule has 1 aromatic heterocycles. The van der Waals surface area contributed by atoms with Crippen molar-refractivity contribution in [2.45, 2.75) is 13.8 Å². The van der Waals surface area contributed by atoms with Gasteiger partial charge < -0.3 is 14.5 Å². The number of hydrogen-bond donors (Lipinski definition) is 3. The minimum absolute atomic E-state index is 0.227. The summed E-state index contributed by atoms with van der Waals surface area (Å²) in [7, 11) is 1.46. The van der Waals surface area contributed by atoms with Crippen LogP contribution < -0.4 is 20.3 Å². The molecule has 0 saturated heterocycles. The van der Waals surface area contributed by atoms with Crippen LogP contribution >= 0.6 is 11.6 Å². The zero-order chi connectivity index (χ0) is 18.4. The molecule has 1 heterocycles. The molecular formula is C17H20ClN3O4. The predicted octanol–water partition coefficient (Wildman–Crippen LogP) is 2.79. The lowest BCUT2D eigenvalue weighted by molar-refractivity contribution is 0.0844. The van der Waals surface area contributed by atoms with Crippen LogP contribution in [0.4, 0.5) is 0 Å². The first-order chi connectivity index (χ1) is 11.9. The van der Waals surface area contributed by atoms with Crippen molar-refractivity contribution in [3.63, 3.8) is 0 Å². The molecule has 0 saturated carbocycles. The highest BCUT2D eigenvalue weighted by Crippen LogP contribution is 2.36. The molecule has 134 valence electrons. The number of benzene rings is 1. The maximum Gasteiger partial charge on any atom is 0.286 e. The summed E-state index contributed by atoms with van der Waals surface area (Å²) in [5, 5.41) is 0.251. The van der Waals surface area contributed by atoms with E-state index in [0.29, 0.717) is 29.7 Å². The molecule has 8 heteroatoms. The summed E-state index contributed by atoms with van der Waals surface area (Å²) in [5.41, 5.74) is 5.19. The first-order valence-corrected chi connectivity index (χ1v) is 8.04. The highest BCUT2D eigenvalue weighted by atomic mass is 35.5. The zero-order valence-corrected chi connectivity index (χ0v) is 14.9. The van der Waals surface area contributed by atoms with Gasteiger partial charge in [-0.1, -0.05) is 25.4 Å². The second-order valence-electron chi connectivity index (χ2n) is 5.69. The van der Waals surface area contributed by atoms with E-state index < -0.39 is 11.8 Å². The summed E-state index contributed by atoms with van der Waals surface area (Å²) in [6.07, 6.45) is 1.61. The number of hydrogen-bond acceptors (Lipinski definition) is 4. The zero-order valence-electron chi connectivity index (χ0n) is 14.2. The van der Waals surface area contributed by atoms with Crippen molar-refractivity contribution < 1.29 is 19.1 Å². The van der Waals surface area contributed by atoms with Crippen molar-refractivity contribution in [2.24, 2.45) is 5.92 Å². The Morgan fingerprint density at radius 1 is 1.24 bits per heavy atom. The van der Waals surface area contributed by atoms with Crippen LogP contribution in [0.3, 0.4) is 0 Å². The molecule has 0 spiro atoms. The van der Waals surface area contributed by atoms with Gasteiger partial charge in [0.1, 0.15) is 5.69 Å². The Labute approximate surface area is 150 Å². The Balaban J connectivity index is 2.09. The Bertz CT molecular complexity index is 745. The summed E-state index contributed by atoms with van der Waals surface area (Å²) >= 11 is 6.21. The van der Waals surface area contributed by atoms with Crippen molar-refractivity contribution in [3.05, 3.63) is 46.7 Å². The van der Waals surface area contributed by atoms with E-state index in [2.05, 4.69) is 15.8 Å². The van der Waals surface area contributed by atoms with E-state index in [1.807, 2.05) is 13.8 Å². The monoisotopic (exact) mass is 365 g/mol. The third-order valence-corrected chi connectivity index (χ3v) is 3.47. The van der Waals surface area contributed by atoms with E-state index in [1.54, 1.807) is 18.3 Å². The lowest BCUT2D eigenvalue weighted by Gasteiger charge is -2.15. The Morgan fingerprint density at radius 3 is 2.56 bits per heavy atom. The van der Waals surface area contributed by atoms with E-state index in [1.165, 1.54) is 19.2 Å². The van der Waals surface area contributed by atoms with Gasteiger partial charge >= 0.3 is 0 Å². The topological polar surface area (TPSA) is 92.5 Å². The van der Waals surface area contributed by atoms with Crippen molar-refractivity contribution in [2.75, 3.05) is 13.7 Å². The van der Waals surface area contributed by atoms with Crippen LogP contribution in [0.25, 0.3) is 0 Å². The number of nitrogens with one attached hydrogen (secondary N) is 3. The molecule has 0 aliphatic rings. The molecule has 0 aliphatic carbocycles. The highest BCUT2D eigenvalue weighted by molar-refractivity contribution is 6.32. The molecule has 2 aromatic rings. The van der Waals surface area contributed by atoms with Crippen molar-refractivity contribution in [1.82, 2.24) is 15.8 Å². The van der Waals surface area contributed by atoms with Crippen LogP contribution in [0.5, 0.6) is 11.5 Å². The molecule has 0 atom stereocenters. The first kappa shape index (κ1) is 18.7. The number of carbonyl (C=O) groups excluding carboxylic acids is 2. The standard InChI is InChI=1S/C17H20ClN3O4/c1-10(2)9-25-15-12(18)7-11(8-14(15)24-3)16(22)20-21-17(23)13-5-4-6-19-13/h4-8,10,19H,9H2,1-3H3,(H,20,22)(H,21,23). The molecular weight excluding hydrogens is 346 g/mol. The smallest absolute Gasteiger partial charge is 0.286 e. The number of ether oxygens (including phenoxy) is 2. The van der Waals surface area contributed by atoms with Crippen molar-refractivity contribution >= 4 is 23.4 Å². The van der Waals surface area contributed by atoms with Gasteiger partial charge in [-0.25, -0.2) is 0 Å². The predicted molar refractivity (Wildman–Crippen MR) is 94.1 cm³/mol. The van der Waals surface area contributed by atoms with Crippen LogP contribution in [-0.2, 0) is 0 Å². The highest BCUT2D eigenvalue weighted by Gasteiger charge is 2.17. The molecule has 0 aliphatic heterocycles. The van der Waals surface area contributed by atoms with E-state index in [4.69, 9.17) is 21.1 Å². The molecule has 0 radical (unpaired) electrons. The van der Waals surface area contributed by atoms with Crippen molar-refractivity contribution in [1.29, 1.82) is 0 Å². The fraction of sp³-hybridized carbons (Fsp3) is 0.294. The van der Waals surface area contributed by atoms with Gasteiger partial charge in [-0.15, -0.1) is 0 Å². The van der Waals surface area contributed by atoms with Gasteiger partial charge in [0.05, 0.1) is 18.7 Å². The van der Waals surface area contributed by atoms with Crippen LogP contribution in [0, 0.1) is 5.92 Å². The number of hydrazine groups is 1. The molecule has 0 fully saturated rings. The minimum Gasteiger partial charge on any atom is -0.493 e. The summed E-state index contributed by atoms with van der Waals surface area (Å²) < 4.78 is 10.9. The van der Waals surface area contributed by atoms with Gasteiger partial charge in [-0.2, -0.15) is 0 Å². The molecule has 25 heavy (non-hydrogen) atoms. The molecule has 7 nitrogen and oxygen atoms in total. The average Bonchev–Trinajstić information content (AvgIpc) is 3.12. The number of aromatic amines is 1. The fourth-order valence-corrected chi connectivity index (χ4v) is 2.23. The van der Waals surface area contributed by atoms with E-state index >= 15 is 0 Å². The molecule has 1 aromatic carbocycles. The molecule has 2 rings (SSSR count). The maximum atomic E-state index is 12.2. The Hall–Kier alpha value is -2.67. The lowest BCUT2D eigenvalue weighted by Crippen LogP contribution is -2.41. The van der Waals surface area contributed by atoms with Gasteiger partial charge in [-0.3, -0.25) is 20.4 Å². The Morgan fingerprint density at radius 2 is 1.96 bits per heavy atom. The van der Waals surface area contributed by atoms with E-state index in [9.17, 15) is 9.59 Å². The number of halogens is 1. The molecule has 0 unspecified atom stereocenters. The van der Waals surface area contributed by atoms with Crippen LogP contribution in [0.2, 0.25) is 5.02 Å². The number of amides is 2. The largest absolute Gasteiger partial charge is 0.493 e. The summed E-state index contributed by atoms with van der Waals surface area (Å²) in [6, 6.07) is 6.22. The quantitative estimate of drug-likeness (QED) is 0.686. The SMILES string of the molecule is COc1cc(C(=O)NNC(=O)c2ccc[nH]2)cc(Cl)c1OCC(C)C. The molecule has 3 N–H and O–H groups in total. The van der Waals surface area contributed by atoms with Gasteiger partial charge in [0.2, 0.25) is 0 Å². The number of rotatable bonds is 6. The molecule has 2 amide bonds. The Kier molecular flexibility index (Phi) is 6.30. The lowest BCUT2D eigenvalue weighted by atomic mass is 10.2. The van der Waals surface area contributed by atoms with Crippen LogP contribution in [0.15, 0.2) is 30.5 Å². The summed E-state index contributed by atoms with van der Waals surface area (Å²) in [4.78, 5) is 26.8. The number of aromatic nitrogens is 1. The maximum absolute atomic E-state index is 12.2. The van der Waals surface area contributed by atoms with Gasteiger partial charge in [0.25, 0.3) is 11.8 Å².